The average Bonchev–Trinajstić information content (AvgIpc) is 2.38. The second kappa shape index (κ2) is 9.12. The maximum absolute atomic E-state index is 3.40. The number of hydrogen-bond donors (Lipinski definition) is 1. The van der Waals surface area contributed by atoms with Crippen molar-refractivity contribution in [2.45, 2.75) is 39.7 Å². The fourth-order valence-corrected chi connectivity index (χ4v) is 2.15. The molecule has 0 unspecified atom stereocenters. The Hall–Kier alpha value is -0.860. The summed E-state index contributed by atoms with van der Waals surface area (Å²) in [4.78, 5) is 2.43. The molecule has 2 nitrogen and oxygen atoms in total. The fraction of sp³-hybridized carbons (Fsp3) is 0.625. The van der Waals surface area contributed by atoms with E-state index in [9.17, 15) is 0 Å². The number of likely N-dealkylation sites (N-methyl/N-ethyl adjacent to an activating group) is 1. The number of benzene rings is 1. The lowest BCUT2D eigenvalue weighted by Crippen LogP contribution is -2.21. The van der Waals surface area contributed by atoms with Crippen LogP contribution in [0.5, 0.6) is 0 Å². The fourth-order valence-electron chi connectivity index (χ4n) is 2.15. The first-order valence-electron chi connectivity index (χ1n) is 7.24. The molecule has 18 heavy (non-hydrogen) atoms. The van der Waals surface area contributed by atoms with Crippen molar-refractivity contribution in [2.24, 2.45) is 0 Å². The normalized spacial score (nSPS) is 11.1. The van der Waals surface area contributed by atoms with Crippen LogP contribution in [-0.4, -0.2) is 31.6 Å². The molecule has 1 aromatic carbocycles. The largest absolute Gasteiger partial charge is 0.317 e. The first kappa shape index (κ1) is 15.2. The van der Waals surface area contributed by atoms with Gasteiger partial charge in [-0.05, 0) is 50.7 Å². The van der Waals surface area contributed by atoms with Crippen LogP contribution in [0.3, 0.4) is 0 Å². The molecule has 0 amide bonds. The van der Waals surface area contributed by atoms with Gasteiger partial charge in [-0.2, -0.15) is 0 Å². The van der Waals surface area contributed by atoms with Gasteiger partial charge in [0.1, 0.15) is 0 Å². The average molecular weight is 248 g/mol. The molecule has 2 heteroatoms. The van der Waals surface area contributed by atoms with E-state index in [2.05, 4.69) is 55.4 Å². The van der Waals surface area contributed by atoms with E-state index < -0.39 is 0 Å². The van der Waals surface area contributed by atoms with E-state index in [0.717, 1.165) is 26.1 Å². The van der Waals surface area contributed by atoms with Crippen LogP contribution in [0.15, 0.2) is 24.3 Å². The molecule has 0 atom stereocenters. The number of nitrogens with one attached hydrogen (secondary N) is 1. The van der Waals surface area contributed by atoms with Gasteiger partial charge in [-0.1, -0.05) is 44.5 Å². The van der Waals surface area contributed by atoms with E-state index in [-0.39, 0.29) is 0 Å². The molecule has 102 valence electrons. The monoisotopic (exact) mass is 248 g/mol. The zero-order chi connectivity index (χ0) is 13.2. The molecule has 0 saturated carbocycles. The molecule has 0 aliphatic rings. The number of unbranched alkanes of at least 4 members (excludes halogenated alkanes) is 1. The number of hydrogen-bond acceptors (Lipinski definition) is 2. The minimum absolute atomic E-state index is 1.05. The van der Waals surface area contributed by atoms with E-state index in [4.69, 9.17) is 0 Å². The van der Waals surface area contributed by atoms with Crippen LogP contribution >= 0.6 is 0 Å². The summed E-state index contributed by atoms with van der Waals surface area (Å²) in [5.74, 6) is 0. The Morgan fingerprint density at radius 1 is 1.11 bits per heavy atom. The molecule has 0 aromatic heterocycles. The topological polar surface area (TPSA) is 15.3 Å². The number of nitrogens with zero attached hydrogens (tertiary/aromatic N) is 1. The first-order valence-corrected chi connectivity index (χ1v) is 7.24. The minimum Gasteiger partial charge on any atom is -0.317 e. The summed E-state index contributed by atoms with van der Waals surface area (Å²) in [5.41, 5.74) is 2.97. The van der Waals surface area contributed by atoms with Gasteiger partial charge in [0.15, 0.2) is 0 Å². The van der Waals surface area contributed by atoms with Crippen molar-refractivity contribution < 1.29 is 0 Å². The second-order valence-corrected chi connectivity index (χ2v) is 4.96. The molecule has 1 N–H and O–H groups in total. The molecular formula is C16H28N2. The second-order valence-electron chi connectivity index (χ2n) is 4.96. The van der Waals surface area contributed by atoms with E-state index in [0.29, 0.717) is 0 Å². The van der Waals surface area contributed by atoms with Crippen molar-refractivity contribution in [3.8, 4) is 0 Å². The zero-order valence-corrected chi connectivity index (χ0v) is 12.2. The van der Waals surface area contributed by atoms with E-state index >= 15 is 0 Å². The predicted molar refractivity (Wildman–Crippen MR) is 79.9 cm³/mol. The van der Waals surface area contributed by atoms with E-state index in [1.807, 2.05) is 0 Å². The highest BCUT2D eigenvalue weighted by molar-refractivity contribution is 5.27. The third kappa shape index (κ3) is 5.65. The van der Waals surface area contributed by atoms with Gasteiger partial charge in [-0.15, -0.1) is 0 Å². The molecule has 0 aliphatic carbocycles. The lowest BCUT2D eigenvalue weighted by molar-refractivity contribution is 0.320. The lowest BCUT2D eigenvalue weighted by atomic mass is 10.0. The van der Waals surface area contributed by atoms with Crippen LogP contribution in [0.4, 0.5) is 0 Å². The number of rotatable bonds is 9. The molecule has 0 heterocycles. The van der Waals surface area contributed by atoms with Crippen molar-refractivity contribution in [3.05, 3.63) is 35.4 Å². The van der Waals surface area contributed by atoms with Gasteiger partial charge in [0.25, 0.3) is 0 Å². The van der Waals surface area contributed by atoms with Crippen LogP contribution in [-0.2, 0) is 13.0 Å². The van der Waals surface area contributed by atoms with Gasteiger partial charge >= 0.3 is 0 Å². The summed E-state index contributed by atoms with van der Waals surface area (Å²) in [6.45, 7) is 8.80. The lowest BCUT2D eigenvalue weighted by Gasteiger charge is -2.18. The molecule has 0 radical (unpaired) electrons. The smallest absolute Gasteiger partial charge is 0.0233 e. The standard InChI is InChI=1S/C16H28N2/c1-4-6-13-18(3)14-16-10-8-7-9-15(16)11-12-17-5-2/h7-10,17H,4-6,11-14H2,1-3H3. The Bertz CT molecular complexity index is 323. The Labute approximate surface area is 112 Å². The van der Waals surface area contributed by atoms with Gasteiger partial charge in [-0.3, -0.25) is 0 Å². The van der Waals surface area contributed by atoms with E-state index in [1.54, 1.807) is 0 Å². The molecule has 0 aliphatic heterocycles. The summed E-state index contributed by atoms with van der Waals surface area (Å²) in [6, 6.07) is 8.83. The van der Waals surface area contributed by atoms with Crippen molar-refractivity contribution in [1.29, 1.82) is 0 Å². The first-order chi connectivity index (χ1) is 8.77. The van der Waals surface area contributed by atoms with Gasteiger partial charge in [0, 0.05) is 6.54 Å². The summed E-state index contributed by atoms with van der Waals surface area (Å²) >= 11 is 0. The van der Waals surface area contributed by atoms with Crippen LogP contribution in [0, 0.1) is 0 Å². The molecule has 0 spiro atoms. The molecule has 1 rings (SSSR count). The van der Waals surface area contributed by atoms with Crippen LogP contribution in [0.25, 0.3) is 0 Å². The predicted octanol–water partition coefficient (Wildman–Crippen LogP) is 3.07. The third-order valence-electron chi connectivity index (χ3n) is 3.27. The van der Waals surface area contributed by atoms with Crippen LogP contribution in [0.1, 0.15) is 37.8 Å². The molecule has 0 saturated heterocycles. The highest BCUT2D eigenvalue weighted by Gasteiger charge is 2.04. The summed E-state index contributed by atoms with van der Waals surface area (Å²) < 4.78 is 0. The summed E-state index contributed by atoms with van der Waals surface area (Å²) in [7, 11) is 2.22. The highest BCUT2D eigenvalue weighted by atomic mass is 15.1. The summed E-state index contributed by atoms with van der Waals surface area (Å²) in [6.07, 6.45) is 3.69. The van der Waals surface area contributed by atoms with Gasteiger partial charge in [-0.25, -0.2) is 0 Å². The molecule has 1 aromatic rings. The van der Waals surface area contributed by atoms with Crippen molar-refractivity contribution in [2.75, 3.05) is 26.7 Å². The molecule has 0 fully saturated rings. The zero-order valence-electron chi connectivity index (χ0n) is 12.2. The van der Waals surface area contributed by atoms with Crippen molar-refractivity contribution >= 4 is 0 Å². The van der Waals surface area contributed by atoms with Crippen LogP contribution < -0.4 is 5.32 Å². The Morgan fingerprint density at radius 3 is 2.50 bits per heavy atom. The molecule has 0 bridgehead atoms. The van der Waals surface area contributed by atoms with Gasteiger partial charge < -0.3 is 10.2 Å². The van der Waals surface area contributed by atoms with Crippen LogP contribution in [0.2, 0.25) is 0 Å². The quantitative estimate of drug-likeness (QED) is 0.676. The Morgan fingerprint density at radius 2 is 1.83 bits per heavy atom. The molecular weight excluding hydrogens is 220 g/mol. The Kier molecular flexibility index (Phi) is 7.70. The van der Waals surface area contributed by atoms with Gasteiger partial charge in [0.2, 0.25) is 0 Å². The Balaban J connectivity index is 2.52. The SMILES string of the molecule is CCCCN(C)Cc1ccccc1CCNCC. The summed E-state index contributed by atoms with van der Waals surface area (Å²) in [5, 5.41) is 3.40. The van der Waals surface area contributed by atoms with Gasteiger partial charge in [0.05, 0.1) is 0 Å². The highest BCUT2D eigenvalue weighted by Crippen LogP contribution is 2.12. The maximum Gasteiger partial charge on any atom is 0.0233 e. The third-order valence-corrected chi connectivity index (χ3v) is 3.27. The minimum atomic E-state index is 1.05. The van der Waals surface area contributed by atoms with Crippen molar-refractivity contribution in [1.82, 2.24) is 10.2 Å². The van der Waals surface area contributed by atoms with E-state index in [1.165, 1.54) is 30.5 Å². The van der Waals surface area contributed by atoms with Crippen molar-refractivity contribution in [3.63, 3.8) is 0 Å². The maximum atomic E-state index is 3.40.